The number of thiazole rings is 1. The second kappa shape index (κ2) is 6.70. The Bertz CT molecular complexity index is 849. The van der Waals surface area contributed by atoms with Gasteiger partial charge in [-0.1, -0.05) is 17.7 Å². The molecule has 124 valence electrons. The molecule has 0 amide bonds. The SMILES string of the molecule is COC(=O)C1=C(C)NC(c2cscn2)=N[C@H]1c1ccc(F)cc1Cl. The van der Waals surface area contributed by atoms with Crippen LogP contribution in [0.1, 0.15) is 24.2 Å². The van der Waals surface area contributed by atoms with Crippen LogP contribution in [0, 0.1) is 5.82 Å². The van der Waals surface area contributed by atoms with Gasteiger partial charge in [0.25, 0.3) is 0 Å². The van der Waals surface area contributed by atoms with Crippen molar-refractivity contribution in [2.24, 2.45) is 4.99 Å². The largest absolute Gasteiger partial charge is 0.466 e. The van der Waals surface area contributed by atoms with E-state index in [2.05, 4.69) is 15.3 Å². The number of hydrogen-bond acceptors (Lipinski definition) is 6. The molecule has 0 fully saturated rings. The van der Waals surface area contributed by atoms with Crippen LogP contribution in [0.5, 0.6) is 0 Å². The molecule has 1 aliphatic heterocycles. The number of carbonyl (C=O) groups is 1. The molecule has 24 heavy (non-hydrogen) atoms. The number of hydrogen-bond donors (Lipinski definition) is 1. The summed E-state index contributed by atoms with van der Waals surface area (Å²) in [7, 11) is 1.30. The maximum absolute atomic E-state index is 13.4. The van der Waals surface area contributed by atoms with Crippen LogP contribution in [-0.2, 0) is 9.53 Å². The molecule has 5 nitrogen and oxygen atoms in total. The standard InChI is InChI=1S/C16H13ClFN3O2S/c1-8-13(16(22)23-2)14(10-4-3-9(18)5-11(10)17)21-15(20-8)12-6-24-7-19-12/h3-7,14H,1-2H3,(H,20,21)/t14-/m0/s1. The molecule has 0 unspecified atom stereocenters. The highest BCUT2D eigenvalue weighted by molar-refractivity contribution is 7.07. The Labute approximate surface area is 146 Å². The highest BCUT2D eigenvalue weighted by Crippen LogP contribution is 2.36. The highest BCUT2D eigenvalue weighted by Gasteiger charge is 2.32. The van der Waals surface area contributed by atoms with Crippen molar-refractivity contribution < 1.29 is 13.9 Å². The van der Waals surface area contributed by atoms with Crippen molar-refractivity contribution in [1.82, 2.24) is 10.3 Å². The number of amidine groups is 1. The number of esters is 1. The maximum atomic E-state index is 13.4. The number of nitrogens with one attached hydrogen (secondary N) is 1. The zero-order valence-corrected chi connectivity index (χ0v) is 14.4. The van der Waals surface area contributed by atoms with E-state index in [1.807, 2.05) is 5.38 Å². The normalized spacial score (nSPS) is 17.3. The van der Waals surface area contributed by atoms with Gasteiger partial charge in [0.15, 0.2) is 5.84 Å². The fourth-order valence-corrected chi connectivity index (χ4v) is 3.27. The molecule has 1 N–H and O–H groups in total. The summed E-state index contributed by atoms with van der Waals surface area (Å²) in [6, 6.07) is 3.29. The molecule has 0 saturated heterocycles. The smallest absolute Gasteiger partial charge is 0.338 e. The van der Waals surface area contributed by atoms with Crippen molar-refractivity contribution in [2.45, 2.75) is 13.0 Å². The number of carbonyl (C=O) groups excluding carboxylic acids is 1. The van der Waals surface area contributed by atoms with Gasteiger partial charge in [-0.15, -0.1) is 11.3 Å². The van der Waals surface area contributed by atoms with Crippen molar-refractivity contribution >= 4 is 34.7 Å². The third-order valence-corrected chi connectivity index (χ3v) is 4.49. The highest BCUT2D eigenvalue weighted by atomic mass is 35.5. The summed E-state index contributed by atoms with van der Waals surface area (Å²) in [6.07, 6.45) is 0. The Morgan fingerprint density at radius 1 is 1.46 bits per heavy atom. The first-order valence-corrected chi connectivity index (χ1v) is 8.30. The first-order chi connectivity index (χ1) is 11.5. The number of benzene rings is 1. The van der Waals surface area contributed by atoms with Crippen molar-refractivity contribution in [3.05, 3.63) is 62.5 Å². The molecule has 0 bridgehead atoms. The Hall–Kier alpha value is -2.25. The van der Waals surface area contributed by atoms with Gasteiger partial charge in [-0.3, -0.25) is 4.99 Å². The predicted octanol–water partition coefficient (Wildman–Crippen LogP) is 3.47. The van der Waals surface area contributed by atoms with Crippen molar-refractivity contribution in [2.75, 3.05) is 7.11 Å². The van der Waals surface area contributed by atoms with Crippen LogP contribution in [0.25, 0.3) is 0 Å². The molecule has 0 radical (unpaired) electrons. The van der Waals surface area contributed by atoms with Gasteiger partial charge < -0.3 is 10.1 Å². The van der Waals surface area contributed by atoms with Crippen LogP contribution in [0.2, 0.25) is 5.02 Å². The number of ether oxygens (including phenoxy) is 1. The van der Waals surface area contributed by atoms with Crippen LogP contribution >= 0.6 is 22.9 Å². The first-order valence-electron chi connectivity index (χ1n) is 6.98. The molecule has 0 spiro atoms. The minimum atomic E-state index is -0.705. The summed E-state index contributed by atoms with van der Waals surface area (Å²) in [5, 5.41) is 5.10. The van der Waals surface area contributed by atoms with Crippen LogP contribution in [0.4, 0.5) is 4.39 Å². The number of aromatic nitrogens is 1. The van der Waals surface area contributed by atoms with Gasteiger partial charge in [-0.05, 0) is 19.1 Å². The molecule has 0 saturated carbocycles. The average Bonchev–Trinajstić information content (AvgIpc) is 3.08. The molecule has 3 rings (SSSR count). The van der Waals surface area contributed by atoms with Crippen molar-refractivity contribution in [3.8, 4) is 0 Å². The number of methoxy groups -OCH3 is 1. The van der Waals surface area contributed by atoms with E-state index in [9.17, 15) is 9.18 Å². The van der Waals surface area contributed by atoms with Gasteiger partial charge in [0.2, 0.25) is 0 Å². The summed E-state index contributed by atoms with van der Waals surface area (Å²) < 4.78 is 18.2. The summed E-state index contributed by atoms with van der Waals surface area (Å²) in [4.78, 5) is 21.0. The lowest BCUT2D eigenvalue weighted by atomic mass is 9.95. The molecule has 0 aliphatic carbocycles. The zero-order chi connectivity index (χ0) is 17.3. The number of halogens is 2. The quantitative estimate of drug-likeness (QED) is 0.846. The summed E-state index contributed by atoms with van der Waals surface area (Å²) >= 11 is 7.61. The topological polar surface area (TPSA) is 63.6 Å². The van der Waals surface area contributed by atoms with Gasteiger partial charge in [-0.2, -0.15) is 0 Å². The molecule has 2 heterocycles. The number of nitrogens with zero attached hydrogens (tertiary/aromatic N) is 2. The van der Waals surface area contributed by atoms with E-state index in [1.54, 1.807) is 12.4 Å². The van der Waals surface area contributed by atoms with Gasteiger partial charge in [0.05, 0.1) is 18.2 Å². The van der Waals surface area contributed by atoms with Crippen LogP contribution < -0.4 is 5.32 Å². The third-order valence-electron chi connectivity index (χ3n) is 3.58. The Balaban J connectivity index is 2.14. The van der Waals surface area contributed by atoms with E-state index in [-0.39, 0.29) is 5.02 Å². The Kier molecular flexibility index (Phi) is 4.64. The number of aliphatic imine (C=N–C) groups is 1. The second-order valence-corrected chi connectivity index (χ2v) is 6.20. The predicted molar refractivity (Wildman–Crippen MR) is 90.7 cm³/mol. The van der Waals surface area contributed by atoms with E-state index in [0.29, 0.717) is 28.4 Å². The Morgan fingerprint density at radius 2 is 2.25 bits per heavy atom. The minimum Gasteiger partial charge on any atom is -0.466 e. The van der Waals surface area contributed by atoms with E-state index >= 15 is 0 Å². The van der Waals surface area contributed by atoms with Crippen LogP contribution in [-0.4, -0.2) is 23.9 Å². The van der Waals surface area contributed by atoms with E-state index in [4.69, 9.17) is 16.3 Å². The van der Waals surface area contributed by atoms with Gasteiger partial charge >= 0.3 is 5.97 Å². The summed E-state index contributed by atoms with van der Waals surface area (Å²) in [6.45, 7) is 1.75. The fraction of sp³-hybridized carbons (Fsp3) is 0.188. The summed E-state index contributed by atoms with van der Waals surface area (Å²) in [5.41, 5.74) is 3.78. The molecule has 8 heteroatoms. The van der Waals surface area contributed by atoms with Gasteiger partial charge in [0.1, 0.15) is 17.6 Å². The van der Waals surface area contributed by atoms with Gasteiger partial charge in [-0.25, -0.2) is 14.2 Å². The second-order valence-electron chi connectivity index (χ2n) is 5.08. The number of allylic oxidation sites excluding steroid dienone is 1. The average molecular weight is 366 g/mol. The van der Waals surface area contributed by atoms with E-state index in [0.717, 1.165) is 0 Å². The monoisotopic (exact) mass is 365 g/mol. The molecular weight excluding hydrogens is 353 g/mol. The zero-order valence-electron chi connectivity index (χ0n) is 12.8. The Morgan fingerprint density at radius 3 is 2.88 bits per heavy atom. The molecule has 1 atom stereocenters. The van der Waals surface area contributed by atoms with E-state index < -0.39 is 17.8 Å². The van der Waals surface area contributed by atoms with Crippen molar-refractivity contribution in [3.63, 3.8) is 0 Å². The number of rotatable bonds is 3. The molecular formula is C16H13ClFN3O2S. The van der Waals surface area contributed by atoms with Crippen LogP contribution in [0.15, 0.2) is 45.4 Å². The van der Waals surface area contributed by atoms with E-state index in [1.165, 1.54) is 36.6 Å². The van der Waals surface area contributed by atoms with Crippen LogP contribution in [0.3, 0.4) is 0 Å². The van der Waals surface area contributed by atoms with Crippen molar-refractivity contribution in [1.29, 1.82) is 0 Å². The minimum absolute atomic E-state index is 0.192. The van der Waals surface area contributed by atoms with Gasteiger partial charge in [0, 0.05) is 21.7 Å². The maximum Gasteiger partial charge on any atom is 0.338 e. The fourth-order valence-electron chi connectivity index (χ4n) is 2.46. The molecule has 1 aromatic heterocycles. The molecule has 2 aromatic rings. The molecule has 1 aliphatic rings. The first kappa shape index (κ1) is 16.6. The third kappa shape index (κ3) is 3.05. The lowest BCUT2D eigenvalue weighted by Crippen LogP contribution is -2.32. The molecule has 1 aromatic carbocycles. The lowest BCUT2D eigenvalue weighted by Gasteiger charge is -2.25. The summed E-state index contributed by atoms with van der Waals surface area (Å²) in [5.74, 6) is -0.458. The lowest BCUT2D eigenvalue weighted by molar-refractivity contribution is -0.136.